The van der Waals surface area contributed by atoms with Crippen LogP contribution in [0.3, 0.4) is 0 Å². The van der Waals surface area contributed by atoms with Crippen molar-refractivity contribution in [1.82, 2.24) is 4.98 Å². The van der Waals surface area contributed by atoms with Crippen LogP contribution in [0.15, 0.2) is 35.2 Å². The fourth-order valence-electron chi connectivity index (χ4n) is 1.64. The second-order valence-corrected chi connectivity index (χ2v) is 5.80. The summed E-state index contributed by atoms with van der Waals surface area (Å²) in [6.45, 7) is 1.83. The summed E-state index contributed by atoms with van der Waals surface area (Å²) in [5.74, 6) is -5.10. The van der Waals surface area contributed by atoms with E-state index in [1.54, 1.807) is 12.1 Å². The number of benzene rings is 1. The molecular formula is C13H11F3N2O2S. The van der Waals surface area contributed by atoms with E-state index >= 15 is 0 Å². The summed E-state index contributed by atoms with van der Waals surface area (Å²) in [7, 11) is -4.40. The van der Waals surface area contributed by atoms with E-state index in [-0.39, 0.29) is 5.82 Å². The Labute approximate surface area is 119 Å². The number of nitrogens with one attached hydrogen (secondary N) is 1. The summed E-state index contributed by atoms with van der Waals surface area (Å²) in [4.78, 5) is 3.01. The lowest BCUT2D eigenvalue weighted by atomic mass is 10.3. The molecule has 0 aliphatic carbocycles. The minimum atomic E-state index is -4.40. The van der Waals surface area contributed by atoms with Crippen molar-refractivity contribution in [2.75, 3.05) is 4.72 Å². The van der Waals surface area contributed by atoms with E-state index in [0.29, 0.717) is 24.2 Å². The number of halogens is 3. The molecule has 0 aliphatic heterocycles. The van der Waals surface area contributed by atoms with Crippen LogP contribution in [0.4, 0.5) is 19.0 Å². The molecule has 0 saturated carbocycles. The van der Waals surface area contributed by atoms with Crippen molar-refractivity contribution in [3.8, 4) is 0 Å². The maximum atomic E-state index is 13.6. The Morgan fingerprint density at radius 3 is 2.48 bits per heavy atom. The third-order valence-electron chi connectivity index (χ3n) is 2.70. The van der Waals surface area contributed by atoms with Crippen molar-refractivity contribution in [2.24, 2.45) is 0 Å². The molecule has 21 heavy (non-hydrogen) atoms. The molecule has 1 heterocycles. The molecule has 2 rings (SSSR count). The Bertz CT molecular complexity index is 779. The van der Waals surface area contributed by atoms with E-state index in [4.69, 9.17) is 0 Å². The van der Waals surface area contributed by atoms with Gasteiger partial charge in [-0.1, -0.05) is 13.0 Å². The van der Waals surface area contributed by atoms with Crippen LogP contribution in [0.1, 0.15) is 12.6 Å². The first kappa shape index (κ1) is 15.3. The number of aryl methyl sites for hydroxylation is 1. The van der Waals surface area contributed by atoms with Crippen molar-refractivity contribution in [3.05, 3.63) is 53.5 Å². The summed E-state index contributed by atoms with van der Waals surface area (Å²) in [6, 6.07) is 5.83. The largest absolute Gasteiger partial charge is 0.266 e. The molecule has 0 spiro atoms. The van der Waals surface area contributed by atoms with E-state index in [2.05, 4.69) is 4.98 Å². The summed E-state index contributed by atoms with van der Waals surface area (Å²) in [5, 5.41) is 0. The van der Waals surface area contributed by atoms with Crippen LogP contribution < -0.4 is 4.72 Å². The molecule has 0 aliphatic rings. The van der Waals surface area contributed by atoms with Crippen LogP contribution in [-0.4, -0.2) is 13.4 Å². The van der Waals surface area contributed by atoms with Gasteiger partial charge >= 0.3 is 0 Å². The zero-order valence-corrected chi connectivity index (χ0v) is 11.7. The standard InChI is InChI=1S/C13H11F3N2O2S/c1-2-8-4-3-5-11(17-8)18-21(19,20)10-7-6-9(14)12(15)13(10)16/h3-7H,2H2,1H3,(H,17,18). The summed E-state index contributed by atoms with van der Waals surface area (Å²) in [6.07, 6.45) is 0.578. The van der Waals surface area contributed by atoms with Gasteiger partial charge in [0.15, 0.2) is 17.5 Å². The Morgan fingerprint density at radius 2 is 1.81 bits per heavy atom. The molecule has 4 nitrogen and oxygen atoms in total. The quantitative estimate of drug-likeness (QED) is 0.882. The van der Waals surface area contributed by atoms with Gasteiger partial charge in [-0.05, 0) is 30.7 Å². The number of nitrogens with zero attached hydrogens (tertiary/aromatic N) is 1. The molecule has 0 unspecified atom stereocenters. The predicted octanol–water partition coefficient (Wildman–Crippen LogP) is 2.86. The van der Waals surface area contributed by atoms with Crippen LogP contribution in [0, 0.1) is 17.5 Å². The monoisotopic (exact) mass is 316 g/mol. The molecule has 1 aromatic carbocycles. The molecule has 1 N–H and O–H groups in total. The van der Waals surface area contributed by atoms with E-state index < -0.39 is 32.4 Å². The molecule has 1 aromatic heterocycles. The van der Waals surface area contributed by atoms with Crippen molar-refractivity contribution in [2.45, 2.75) is 18.2 Å². The van der Waals surface area contributed by atoms with Gasteiger partial charge < -0.3 is 0 Å². The summed E-state index contributed by atoms with van der Waals surface area (Å²) in [5.41, 5.74) is 0.626. The highest BCUT2D eigenvalue weighted by Crippen LogP contribution is 2.21. The molecule has 112 valence electrons. The van der Waals surface area contributed by atoms with Crippen LogP contribution in [0.5, 0.6) is 0 Å². The highest BCUT2D eigenvalue weighted by atomic mass is 32.2. The van der Waals surface area contributed by atoms with Crippen LogP contribution in [0.2, 0.25) is 0 Å². The number of pyridine rings is 1. The van der Waals surface area contributed by atoms with Crippen LogP contribution in [0.25, 0.3) is 0 Å². The van der Waals surface area contributed by atoms with E-state index in [1.807, 2.05) is 11.6 Å². The van der Waals surface area contributed by atoms with Gasteiger partial charge in [0, 0.05) is 5.69 Å². The SMILES string of the molecule is CCc1cccc(NS(=O)(=O)c2ccc(F)c(F)c2F)n1. The molecule has 8 heteroatoms. The Morgan fingerprint density at radius 1 is 1.10 bits per heavy atom. The topological polar surface area (TPSA) is 59.1 Å². The predicted molar refractivity (Wildman–Crippen MR) is 70.7 cm³/mol. The lowest BCUT2D eigenvalue weighted by Crippen LogP contribution is -2.16. The van der Waals surface area contributed by atoms with E-state index in [1.165, 1.54) is 6.07 Å². The number of hydrogen-bond acceptors (Lipinski definition) is 3. The number of hydrogen-bond donors (Lipinski definition) is 1. The van der Waals surface area contributed by atoms with E-state index in [0.717, 1.165) is 0 Å². The number of anilines is 1. The minimum Gasteiger partial charge on any atom is -0.263 e. The number of aromatic nitrogens is 1. The highest BCUT2D eigenvalue weighted by Gasteiger charge is 2.24. The van der Waals surface area contributed by atoms with Crippen LogP contribution >= 0.6 is 0 Å². The first-order chi connectivity index (χ1) is 9.85. The zero-order valence-electron chi connectivity index (χ0n) is 10.9. The molecule has 0 fully saturated rings. The Kier molecular flexibility index (Phi) is 4.17. The fourth-order valence-corrected chi connectivity index (χ4v) is 2.71. The lowest BCUT2D eigenvalue weighted by molar-refractivity contribution is 0.432. The number of rotatable bonds is 4. The van der Waals surface area contributed by atoms with Crippen molar-refractivity contribution in [3.63, 3.8) is 0 Å². The second kappa shape index (κ2) is 5.72. The summed E-state index contributed by atoms with van der Waals surface area (Å²) < 4.78 is 65.5. The van der Waals surface area contributed by atoms with Crippen molar-refractivity contribution >= 4 is 15.8 Å². The molecule has 2 aromatic rings. The van der Waals surface area contributed by atoms with Gasteiger partial charge in [-0.2, -0.15) is 0 Å². The van der Waals surface area contributed by atoms with Crippen LogP contribution in [-0.2, 0) is 16.4 Å². The van der Waals surface area contributed by atoms with Gasteiger partial charge in [0.1, 0.15) is 10.7 Å². The maximum Gasteiger partial charge on any atom is 0.266 e. The average molecular weight is 316 g/mol. The number of sulfonamides is 1. The van der Waals surface area contributed by atoms with Crippen molar-refractivity contribution in [1.29, 1.82) is 0 Å². The molecule has 0 bridgehead atoms. The zero-order chi connectivity index (χ0) is 15.6. The Hall–Kier alpha value is -2.09. The molecule has 0 radical (unpaired) electrons. The van der Waals surface area contributed by atoms with E-state index in [9.17, 15) is 21.6 Å². The second-order valence-electron chi connectivity index (χ2n) is 4.15. The first-order valence-corrected chi connectivity index (χ1v) is 7.45. The van der Waals surface area contributed by atoms with Gasteiger partial charge in [0.05, 0.1) is 0 Å². The van der Waals surface area contributed by atoms with Gasteiger partial charge in [0.2, 0.25) is 0 Å². The molecular weight excluding hydrogens is 305 g/mol. The first-order valence-electron chi connectivity index (χ1n) is 5.97. The molecule has 0 saturated heterocycles. The maximum absolute atomic E-state index is 13.6. The van der Waals surface area contributed by atoms with Gasteiger partial charge in [-0.3, -0.25) is 4.72 Å². The average Bonchev–Trinajstić information content (AvgIpc) is 2.44. The third-order valence-corrected chi connectivity index (χ3v) is 4.07. The Balaban J connectivity index is 2.41. The smallest absolute Gasteiger partial charge is 0.263 e. The molecule has 0 atom stereocenters. The van der Waals surface area contributed by atoms with Gasteiger partial charge in [-0.15, -0.1) is 0 Å². The normalized spacial score (nSPS) is 11.4. The lowest BCUT2D eigenvalue weighted by Gasteiger charge is -2.09. The summed E-state index contributed by atoms with van der Waals surface area (Å²) >= 11 is 0. The minimum absolute atomic E-state index is 0.0292. The van der Waals surface area contributed by atoms with Gasteiger partial charge in [-0.25, -0.2) is 26.6 Å². The highest BCUT2D eigenvalue weighted by molar-refractivity contribution is 7.92. The van der Waals surface area contributed by atoms with Gasteiger partial charge in [0.25, 0.3) is 10.0 Å². The fraction of sp³-hybridized carbons (Fsp3) is 0.154. The third kappa shape index (κ3) is 3.15. The van der Waals surface area contributed by atoms with Crippen molar-refractivity contribution < 1.29 is 21.6 Å². The molecule has 0 amide bonds.